The second-order valence-corrected chi connectivity index (χ2v) is 3.07. The third-order valence-electron chi connectivity index (χ3n) is 1.57. The number of hydrogen-bond donors (Lipinski definition) is 6. The van der Waals surface area contributed by atoms with Crippen LogP contribution in [0, 0.1) is 0 Å². The highest BCUT2D eigenvalue weighted by molar-refractivity contribution is 5.98. The lowest BCUT2D eigenvalue weighted by Crippen LogP contribution is -2.61. The standard InChI is InChI=1S/C6H15N7O/c1-3(2-14)11-6(9)12-4(7)10-5(8)13-6/h3,11,14H,2,9H2,1H3,(H5,7,8,10,12,13). The predicted molar refractivity (Wildman–Crippen MR) is 53.0 cm³/mol. The second-order valence-electron chi connectivity index (χ2n) is 3.07. The van der Waals surface area contributed by atoms with E-state index in [0.717, 1.165) is 0 Å². The average Bonchev–Trinajstić information content (AvgIpc) is 2.00. The minimum absolute atomic E-state index is 0.0811. The molecule has 0 aromatic rings. The van der Waals surface area contributed by atoms with E-state index >= 15 is 0 Å². The number of rotatable bonds is 3. The van der Waals surface area contributed by atoms with E-state index < -0.39 is 5.91 Å². The van der Waals surface area contributed by atoms with Gasteiger partial charge in [0.25, 0.3) is 5.91 Å². The fourth-order valence-corrected chi connectivity index (χ4v) is 1.05. The molecule has 0 saturated carbocycles. The van der Waals surface area contributed by atoms with Crippen LogP contribution in [0.4, 0.5) is 0 Å². The fraction of sp³-hybridized carbons (Fsp3) is 0.667. The Labute approximate surface area is 81.3 Å². The summed E-state index contributed by atoms with van der Waals surface area (Å²) in [7, 11) is 0. The van der Waals surface area contributed by atoms with Crippen LogP contribution >= 0.6 is 0 Å². The van der Waals surface area contributed by atoms with E-state index in [0.29, 0.717) is 0 Å². The Morgan fingerprint density at radius 2 is 2.00 bits per heavy atom. The predicted octanol–water partition coefficient (Wildman–Crippen LogP) is -3.24. The van der Waals surface area contributed by atoms with Gasteiger partial charge in [0.2, 0.25) is 0 Å². The SMILES string of the molecule is CC(CO)NC1(N)N=C(N)NC(N)=N1. The summed E-state index contributed by atoms with van der Waals surface area (Å²) in [5.41, 5.74) is 16.5. The van der Waals surface area contributed by atoms with E-state index in [1.54, 1.807) is 6.92 Å². The summed E-state index contributed by atoms with van der Waals surface area (Å²) >= 11 is 0. The van der Waals surface area contributed by atoms with Crippen molar-refractivity contribution in [3.05, 3.63) is 0 Å². The van der Waals surface area contributed by atoms with Gasteiger partial charge in [0.05, 0.1) is 6.61 Å². The highest BCUT2D eigenvalue weighted by atomic mass is 16.3. The molecule has 0 amide bonds. The molecule has 0 spiro atoms. The first-order valence-corrected chi connectivity index (χ1v) is 4.10. The number of nitrogens with one attached hydrogen (secondary N) is 2. The van der Waals surface area contributed by atoms with Crippen LogP contribution in [0.2, 0.25) is 0 Å². The Hall–Kier alpha value is -1.38. The number of aliphatic imine (C=N–C) groups is 2. The number of aliphatic hydroxyl groups is 1. The summed E-state index contributed by atoms with van der Waals surface area (Å²) < 4.78 is 0. The number of aliphatic hydroxyl groups excluding tert-OH is 1. The van der Waals surface area contributed by atoms with Crippen LogP contribution in [0.15, 0.2) is 9.98 Å². The Morgan fingerprint density at radius 1 is 1.50 bits per heavy atom. The van der Waals surface area contributed by atoms with Crippen LogP contribution in [0.5, 0.6) is 0 Å². The average molecular weight is 201 g/mol. The van der Waals surface area contributed by atoms with Crippen molar-refractivity contribution in [2.75, 3.05) is 6.61 Å². The van der Waals surface area contributed by atoms with Crippen LogP contribution in [0.1, 0.15) is 6.92 Å². The molecule has 9 N–H and O–H groups in total. The van der Waals surface area contributed by atoms with E-state index in [-0.39, 0.29) is 24.6 Å². The van der Waals surface area contributed by atoms with Gasteiger partial charge in [-0.25, -0.2) is 0 Å². The molecule has 8 nitrogen and oxygen atoms in total. The molecule has 0 bridgehead atoms. The van der Waals surface area contributed by atoms with Crippen LogP contribution in [0.3, 0.4) is 0 Å². The van der Waals surface area contributed by atoms with E-state index in [2.05, 4.69) is 20.6 Å². The normalized spacial score (nSPS) is 21.9. The fourth-order valence-electron chi connectivity index (χ4n) is 1.05. The van der Waals surface area contributed by atoms with Gasteiger partial charge in [0.15, 0.2) is 11.9 Å². The molecule has 1 atom stereocenters. The molecule has 0 aromatic carbocycles. The Morgan fingerprint density at radius 3 is 2.43 bits per heavy atom. The highest BCUT2D eigenvalue weighted by Gasteiger charge is 2.28. The molecule has 0 aliphatic carbocycles. The van der Waals surface area contributed by atoms with Gasteiger partial charge in [0, 0.05) is 6.04 Å². The maximum absolute atomic E-state index is 8.82. The molecule has 0 fully saturated rings. The molecule has 1 aliphatic heterocycles. The van der Waals surface area contributed by atoms with Gasteiger partial charge >= 0.3 is 0 Å². The number of nitrogens with zero attached hydrogens (tertiary/aromatic N) is 2. The van der Waals surface area contributed by atoms with Crippen molar-refractivity contribution in [2.24, 2.45) is 27.2 Å². The van der Waals surface area contributed by atoms with Gasteiger partial charge in [-0.1, -0.05) is 0 Å². The Bertz CT molecular complexity index is 255. The van der Waals surface area contributed by atoms with Gasteiger partial charge < -0.3 is 16.6 Å². The molecule has 0 radical (unpaired) electrons. The zero-order valence-electron chi connectivity index (χ0n) is 7.86. The second kappa shape index (κ2) is 3.78. The molecule has 1 heterocycles. The lowest BCUT2D eigenvalue weighted by molar-refractivity contribution is 0.212. The van der Waals surface area contributed by atoms with Gasteiger partial charge in [-0.3, -0.25) is 16.4 Å². The summed E-state index contributed by atoms with van der Waals surface area (Å²) in [5.74, 6) is -1.24. The largest absolute Gasteiger partial charge is 0.395 e. The van der Waals surface area contributed by atoms with Crippen molar-refractivity contribution in [3.63, 3.8) is 0 Å². The minimum Gasteiger partial charge on any atom is -0.395 e. The Kier molecular flexibility index (Phi) is 2.89. The van der Waals surface area contributed by atoms with Crippen molar-refractivity contribution in [2.45, 2.75) is 18.9 Å². The molecule has 1 unspecified atom stereocenters. The Balaban J connectivity index is 2.76. The minimum atomic E-state index is -1.40. The number of nitrogens with two attached hydrogens (primary N) is 3. The number of guanidine groups is 2. The zero-order chi connectivity index (χ0) is 10.8. The maximum Gasteiger partial charge on any atom is 0.268 e. The van der Waals surface area contributed by atoms with Gasteiger partial charge in [0.1, 0.15) is 0 Å². The third-order valence-corrected chi connectivity index (χ3v) is 1.57. The van der Waals surface area contributed by atoms with Crippen LogP contribution in [-0.4, -0.2) is 35.6 Å². The zero-order valence-corrected chi connectivity index (χ0v) is 7.86. The maximum atomic E-state index is 8.82. The van der Waals surface area contributed by atoms with Crippen LogP contribution in [0.25, 0.3) is 0 Å². The van der Waals surface area contributed by atoms with E-state index in [1.807, 2.05) is 0 Å². The van der Waals surface area contributed by atoms with E-state index in [9.17, 15) is 0 Å². The molecule has 14 heavy (non-hydrogen) atoms. The van der Waals surface area contributed by atoms with Crippen LogP contribution in [-0.2, 0) is 0 Å². The first-order valence-electron chi connectivity index (χ1n) is 4.10. The van der Waals surface area contributed by atoms with Crippen molar-refractivity contribution >= 4 is 11.9 Å². The van der Waals surface area contributed by atoms with Gasteiger partial charge in [-0.2, -0.15) is 9.98 Å². The lowest BCUT2D eigenvalue weighted by Gasteiger charge is -2.28. The quantitative estimate of drug-likeness (QED) is 0.264. The van der Waals surface area contributed by atoms with E-state index in [1.165, 1.54) is 0 Å². The van der Waals surface area contributed by atoms with E-state index in [4.69, 9.17) is 22.3 Å². The molecule has 1 rings (SSSR count). The lowest BCUT2D eigenvalue weighted by atomic mass is 10.3. The van der Waals surface area contributed by atoms with Gasteiger partial charge in [-0.15, -0.1) is 0 Å². The first kappa shape index (κ1) is 10.7. The summed E-state index contributed by atoms with van der Waals surface area (Å²) in [6.45, 7) is 1.64. The smallest absolute Gasteiger partial charge is 0.268 e. The summed E-state index contributed by atoms with van der Waals surface area (Å²) in [5, 5.41) is 14.1. The molecule has 80 valence electrons. The molecular formula is C6H15N7O. The molecular weight excluding hydrogens is 186 g/mol. The summed E-state index contributed by atoms with van der Waals surface area (Å²) in [4.78, 5) is 7.65. The molecule has 0 saturated heterocycles. The van der Waals surface area contributed by atoms with Gasteiger partial charge in [-0.05, 0) is 6.92 Å². The third kappa shape index (κ3) is 2.55. The topological polar surface area (TPSA) is 147 Å². The monoisotopic (exact) mass is 201 g/mol. The van der Waals surface area contributed by atoms with Crippen molar-refractivity contribution in [1.29, 1.82) is 0 Å². The van der Waals surface area contributed by atoms with Crippen molar-refractivity contribution in [1.82, 2.24) is 10.6 Å². The summed E-state index contributed by atoms with van der Waals surface area (Å²) in [6.07, 6.45) is 0. The molecule has 0 aromatic heterocycles. The number of hydrogen-bond acceptors (Lipinski definition) is 8. The first-order chi connectivity index (χ1) is 6.45. The van der Waals surface area contributed by atoms with Crippen molar-refractivity contribution in [3.8, 4) is 0 Å². The summed E-state index contributed by atoms with van der Waals surface area (Å²) in [6, 6.07) is -0.258. The van der Waals surface area contributed by atoms with Crippen molar-refractivity contribution < 1.29 is 5.11 Å². The molecule has 1 aliphatic rings. The highest BCUT2D eigenvalue weighted by Crippen LogP contribution is 2.04. The van der Waals surface area contributed by atoms with Crippen LogP contribution < -0.4 is 27.8 Å². The molecule has 8 heteroatoms.